The predicted molar refractivity (Wildman–Crippen MR) is 81.5 cm³/mol. The quantitative estimate of drug-likeness (QED) is 0.678. The third-order valence-corrected chi connectivity index (χ3v) is 3.14. The second kappa shape index (κ2) is 8.02. The highest BCUT2D eigenvalue weighted by Crippen LogP contribution is 2.07. The highest BCUT2D eigenvalue weighted by Gasteiger charge is 2.31. The summed E-state index contributed by atoms with van der Waals surface area (Å²) in [5, 5.41) is 3.16. The van der Waals surface area contributed by atoms with E-state index < -0.39 is 5.54 Å². The Labute approximate surface area is 121 Å². The van der Waals surface area contributed by atoms with Crippen LogP contribution in [-0.2, 0) is 16.0 Å². The normalized spacial score (nSPS) is 14.2. The number of nitrogens with two attached hydrogens (primary N) is 1. The van der Waals surface area contributed by atoms with Crippen LogP contribution >= 0.6 is 0 Å². The molecule has 4 nitrogen and oxygen atoms in total. The summed E-state index contributed by atoms with van der Waals surface area (Å²) >= 11 is 0. The van der Waals surface area contributed by atoms with Crippen LogP contribution in [0.4, 0.5) is 0 Å². The average Bonchev–Trinajstić information content (AvgIpc) is 2.38. The van der Waals surface area contributed by atoms with E-state index in [1.807, 2.05) is 32.0 Å². The molecule has 1 amide bonds. The molecule has 0 radical (unpaired) electrons. The molecule has 0 fully saturated rings. The molecule has 0 saturated carbocycles. The minimum Gasteiger partial charge on any atom is -0.379 e. The zero-order chi connectivity index (χ0) is 15.0. The standard InChI is InChI=1S/C16H26N2O2/c1-13(2)18-16(3,15(17)19)12-20-11-7-10-14-8-5-4-6-9-14/h4-6,8-9,13,18H,7,10-12H2,1-3H3,(H2,17,19). The lowest BCUT2D eigenvalue weighted by Gasteiger charge is -2.29. The van der Waals surface area contributed by atoms with E-state index in [0.717, 1.165) is 12.8 Å². The van der Waals surface area contributed by atoms with Crippen molar-refractivity contribution >= 4 is 5.91 Å². The molecule has 1 atom stereocenters. The van der Waals surface area contributed by atoms with Gasteiger partial charge in [0.05, 0.1) is 6.61 Å². The number of carbonyl (C=O) groups is 1. The number of benzene rings is 1. The molecule has 1 unspecified atom stereocenters. The monoisotopic (exact) mass is 278 g/mol. The summed E-state index contributed by atoms with van der Waals surface area (Å²) in [7, 11) is 0. The van der Waals surface area contributed by atoms with Crippen molar-refractivity contribution in [3.63, 3.8) is 0 Å². The smallest absolute Gasteiger partial charge is 0.239 e. The van der Waals surface area contributed by atoms with E-state index in [0.29, 0.717) is 13.2 Å². The van der Waals surface area contributed by atoms with Gasteiger partial charge in [-0.05, 0) is 39.2 Å². The molecule has 0 spiro atoms. The topological polar surface area (TPSA) is 64.3 Å². The largest absolute Gasteiger partial charge is 0.379 e. The van der Waals surface area contributed by atoms with E-state index in [2.05, 4.69) is 17.4 Å². The van der Waals surface area contributed by atoms with Gasteiger partial charge in [-0.3, -0.25) is 10.1 Å². The van der Waals surface area contributed by atoms with Gasteiger partial charge in [-0.15, -0.1) is 0 Å². The van der Waals surface area contributed by atoms with Gasteiger partial charge in [0.15, 0.2) is 0 Å². The molecule has 0 saturated heterocycles. The number of primary amides is 1. The molecule has 3 N–H and O–H groups in total. The second-order valence-corrected chi connectivity index (χ2v) is 5.64. The van der Waals surface area contributed by atoms with Crippen LogP contribution in [0.15, 0.2) is 30.3 Å². The zero-order valence-corrected chi connectivity index (χ0v) is 12.7. The number of carbonyl (C=O) groups excluding carboxylic acids is 1. The van der Waals surface area contributed by atoms with Crippen LogP contribution < -0.4 is 11.1 Å². The van der Waals surface area contributed by atoms with Crippen molar-refractivity contribution in [2.24, 2.45) is 5.73 Å². The zero-order valence-electron chi connectivity index (χ0n) is 12.7. The van der Waals surface area contributed by atoms with Crippen LogP contribution in [0, 0.1) is 0 Å². The van der Waals surface area contributed by atoms with Crippen LogP contribution in [0.2, 0.25) is 0 Å². The van der Waals surface area contributed by atoms with Crippen molar-refractivity contribution in [3.05, 3.63) is 35.9 Å². The molecule has 112 valence electrons. The van der Waals surface area contributed by atoms with Gasteiger partial charge in [-0.1, -0.05) is 30.3 Å². The van der Waals surface area contributed by atoms with E-state index in [1.165, 1.54) is 5.56 Å². The first-order valence-corrected chi connectivity index (χ1v) is 7.13. The lowest BCUT2D eigenvalue weighted by molar-refractivity contribution is -0.126. The Bertz CT molecular complexity index is 406. The minimum absolute atomic E-state index is 0.181. The number of nitrogens with one attached hydrogen (secondary N) is 1. The minimum atomic E-state index is -0.805. The molecule has 4 heteroatoms. The molecule has 1 rings (SSSR count). The van der Waals surface area contributed by atoms with E-state index in [1.54, 1.807) is 6.92 Å². The molecular weight excluding hydrogens is 252 g/mol. The summed E-state index contributed by atoms with van der Waals surface area (Å²) in [6.45, 7) is 6.67. The molecule has 20 heavy (non-hydrogen) atoms. The van der Waals surface area contributed by atoms with Gasteiger partial charge in [0, 0.05) is 12.6 Å². The maximum Gasteiger partial charge on any atom is 0.239 e. The third-order valence-electron chi connectivity index (χ3n) is 3.14. The van der Waals surface area contributed by atoms with Crippen molar-refractivity contribution in [2.45, 2.75) is 45.2 Å². The lowest BCUT2D eigenvalue weighted by atomic mass is 10.0. The van der Waals surface area contributed by atoms with Crippen LogP contribution in [0.1, 0.15) is 32.8 Å². The molecular formula is C16H26N2O2. The third kappa shape index (κ3) is 5.72. The summed E-state index contributed by atoms with van der Waals surface area (Å²) in [4.78, 5) is 11.5. The highest BCUT2D eigenvalue weighted by atomic mass is 16.5. The molecule has 1 aromatic carbocycles. The fraction of sp³-hybridized carbons (Fsp3) is 0.562. The Morgan fingerprint density at radius 2 is 2.00 bits per heavy atom. The van der Waals surface area contributed by atoms with E-state index >= 15 is 0 Å². The van der Waals surface area contributed by atoms with Crippen LogP contribution in [-0.4, -0.2) is 30.7 Å². The van der Waals surface area contributed by atoms with E-state index in [9.17, 15) is 4.79 Å². The average molecular weight is 278 g/mol. The summed E-state index contributed by atoms with van der Waals surface area (Å²) in [5.41, 5.74) is 5.94. The van der Waals surface area contributed by atoms with E-state index in [4.69, 9.17) is 10.5 Å². The fourth-order valence-corrected chi connectivity index (χ4v) is 2.12. The molecule has 0 aromatic heterocycles. The second-order valence-electron chi connectivity index (χ2n) is 5.64. The van der Waals surface area contributed by atoms with Crippen molar-refractivity contribution < 1.29 is 9.53 Å². The Balaban J connectivity index is 2.29. The summed E-state index contributed by atoms with van der Waals surface area (Å²) in [6, 6.07) is 10.5. The molecule has 0 aliphatic rings. The van der Waals surface area contributed by atoms with Gasteiger partial charge in [0.1, 0.15) is 5.54 Å². The van der Waals surface area contributed by atoms with Crippen molar-refractivity contribution in [1.29, 1.82) is 0 Å². The van der Waals surface area contributed by atoms with Crippen LogP contribution in [0.25, 0.3) is 0 Å². The molecule has 0 heterocycles. The van der Waals surface area contributed by atoms with Crippen molar-refractivity contribution in [3.8, 4) is 0 Å². The highest BCUT2D eigenvalue weighted by molar-refractivity contribution is 5.84. The number of hydrogen-bond donors (Lipinski definition) is 2. The Morgan fingerprint density at radius 1 is 1.35 bits per heavy atom. The molecule has 0 bridgehead atoms. The fourth-order valence-electron chi connectivity index (χ4n) is 2.12. The number of amides is 1. The summed E-state index contributed by atoms with van der Waals surface area (Å²) < 4.78 is 5.62. The first-order chi connectivity index (χ1) is 9.44. The Hall–Kier alpha value is -1.39. The lowest BCUT2D eigenvalue weighted by Crippen LogP contribution is -2.58. The predicted octanol–water partition coefficient (Wildman–Crippen LogP) is 1.88. The maximum absolute atomic E-state index is 11.5. The van der Waals surface area contributed by atoms with Gasteiger partial charge in [-0.2, -0.15) is 0 Å². The Kier molecular flexibility index (Phi) is 6.68. The van der Waals surface area contributed by atoms with Gasteiger partial charge >= 0.3 is 0 Å². The first kappa shape index (κ1) is 16.7. The maximum atomic E-state index is 11.5. The van der Waals surface area contributed by atoms with E-state index in [-0.39, 0.29) is 11.9 Å². The molecule has 1 aromatic rings. The Morgan fingerprint density at radius 3 is 2.55 bits per heavy atom. The SMILES string of the molecule is CC(C)NC(C)(COCCCc1ccccc1)C(N)=O. The first-order valence-electron chi connectivity index (χ1n) is 7.13. The van der Waals surface area contributed by atoms with Gasteiger partial charge in [-0.25, -0.2) is 0 Å². The number of hydrogen-bond acceptors (Lipinski definition) is 3. The van der Waals surface area contributed by atoms with Gasteiger partial charge in [0.25, 0.3) is 0 Å². The van der Waals surface area contributed by atoms with Crippen molar-refractivity contribution in [2.75, 3.05) is 13.2 Å². The molecule has 0 aliphatic carbocycles. The van der Waals surface area contributed by atoms with Crippen LogP contribution in [0.3, 0.4) is 0 Å². The van der Waals surface area contributed by atoms with Crippen LogP contribution in [0.5, 0.6) is 0 Å². The molecule has 0 aliphatic heterocycles. The number of aryl methyl sites for hydroxylation is 1. The van der Waals surface area contributed by atoms with Gasteiger partial charge in [0.2, 0.25) is 5.91 Å². The summed E-state index contributed by atoms with van der Waals surface area (Å²) in [6.07, 6.45) is 1.91. The van der Waals surface area contributed by atoms with Gasteiger partial charge < -0.3 is 10.5 Å². The summed E-state index contributed by atoms with van der Waals surface area (Å²) in [5.74, 6) is -0.380. The van der Waals surface area contributed by atoms with Crippen molar-refractivity contribution in [1.82, 2.24) is 5.32 Å². The number of ether oxygens (including phenoxy) is 1. The number of rotatable bonds is 9.